The van der Waals surface area contributed by atoms with E-state index in [1.54, 1.807) is 11.3 Å². The Labute approximate surface area is 112 Å². The number of guanidine groups is 1. The average Bonchev–Trinajstić information content (AvgIpc) is 2.82. The molecule has 5 heteroatoms. The third-order valence-corrected chi connectivity index (χ3v) is 3.68. The zero-order valence-electron chi connectivity index (χ0n) is 10.5. The Kier molecular flexibility index (Phi) is 7.92. The lowest BCUT2D eigenvalue weighted by Gasteiger charge is -2.10. The van der Waals surface area contributed by atoms with Crippen LogP contribution in [-0.2, 0) is 6.42 Å². The summed E-state index contributed by atoms with van der Waals surface area (Å²) >= 11 is 3.63. The van der Waals surface area contributed by atoms with Gasteiger partial charge in [0.2, 0.25) is 0 Å². The Morgan fingerprint density at radius 3 is 3.00 bits per heavy atom. The van der Waals surface area contributed by atoms with E-state index in [1.165, 1.54) is 4.88 Å². The summed E-state index contributed by atoms with van der Waals surface area (Å²) in [4.78, 5) is 5.91. The quantitative estimate of drug-likeness (QED) is 0.453. The Bertz CT molecular complexity index is 310. The van der Waals surface area contributed by atoms with E-state index in [9.17, 15) is 0 Å². The highest BCUT2D eigenvalue weighted by molar-refractivity contribution is 7.98. The van der Waals surface area contributed by atoms with Crippen LogP contribution in [0.25, 0.3) is 0 Å². The molecule has 1 aromatic rings. The molecule has 0 unspecified atom stereocenters. The molecule has 96 valence electrons. The SMILES string of the molecule is CCNC(=NCCSC)NCCc1cccs1. The molecular formula is C12H21N3S2. The molecule has 2 N–H and O–H groups in total. The molecule has 0 saturated carbocycles. The maximum atomic E-state index is 4.50. The average molecular weight is 271 g/mol. The summed E-state index contributed by atoms with van der Waals surface area (Å²) in [7, 11) is 0. The van der Waals surface area contributed by atoms with E-state index in [2.05, 4.69) is 46.3 Å². The number of thiophene rings is 1. The van der Waals surface area contributed by atoms with Gasteiger partial charge in [0.15, 0.2) is 5.96 Å². The largest absolute Gasteiger partial charge is 0.357 e. The molecule has 0 saturated heterocycles. The molecule has 0 atom stereocenters. The van der Waals surface area contributed by atoms with Gasteiger partial charge in [-0.2, -0.15) is 11.8 Å². The fourth-order valence-corrected chi connectivity index (χ4v) is 2.33. The second-order valence-electron chi connectivity index (χ2n) is 3.51. The monoisotopic (exact) mass is 271 g/mol. The standard InChI is InChI=1S/C12H21N3S2/c1-3-13-12(15-8-10-16-2)14-7-6-11-5-4-9-17-11/h4-5,9H,3,6-8,10H2,1-2H3,(H2,13,14,15). The topological polar surface area (TPSA) is 36.4 Å². The van der Waals surface area contributed by atoms with Crippen molar-refractivity contribution in [2.24, 2.45) is 4.99 Å². The van der Waals surface area contributed by atoms with Crippen LogP contribution >= 0.6 is 23.1 Å². The van der Waals surface area contributed by atoms with Gasteiger partial charge in [0.05, 0.1) is 6.54 Å². The number of thioether (sulfide) groups is 1. The summed E-state index contributed by atoms with van der Waals surface area (Å²) in [6.07, 6.45) is 3.16. The zero-order chi connectivity index (χ0) is 12.3. The van der Waals surface area contributed by atoms with Crippen molar-refractivity contribution >= 4 is 29.1 Å². The number of rotatable bonds is 7. The highest BCUT2D eigenvalue weighted by Gasteiger charge is 1.97. The summed E-state index contributed by atoms with van der Waals surface area (Å²) in [5, 5.41) is 8.73. The van der Waals surface area contributed by atoms with E-state index >= 15 is 0 Å². The molecular weight excluding hydrogens is 250 g/mol. The molecule has 0 radical (unpaired) electrons. The molecule has 0 spiro atoms. The van der Waals surface area contributed by atoms with Crippen molar-refractivity contribution in [3.63, 3.8) is 0 Å². The molecule has 0 amide bonds. The summed E-state index contributed by atoms with van der Waals surface area (Å²) < 4.78 is 0. The van der Waals surface area contributed by atoms with Crippen LogP contribution < -0.4 is 10.6 Å². The molecule has 1 heterocycles. The van der Waals surface area contributed by atoms with Gasteiger partial charge in [0, 0.05) is 23.7 Å². The fourth-order valence-electron chi connectivity index (χ4n) is 1.35. The molecule has 0 aromatic carbocycles. The minimum absolute atomic E-state index is 0.871. The normalized spacial score (nSPS) is 11.5. The predicted octanol–water partition coefficient (Wildman–Crippen LogP) is 2.21. The van der Waals surface area contributed by atoms with Crippen molar-refractivity contribution in [1.29, 1.82) is 0 Å². The van der Waals surface area contributed by atoms with Crippen molar-refractivity contribution in [3.05, 3.63) is 22.4 Å². The lowest BCUT2D eigenvalue weighted by molar-refractivity contribution is 0.809. The lowest BCUT2D eigenvalue weighted by Crippen LogP contribution is -2.38. The molecule has 0 aliphatic carbocycles. The summed E-state index contributed by atoms with van der Waals surface area (Å²) in [5.74, 6) is 2.00. The summed E-state index contributed by atoms with van der Waals surface area (Å²) in [6, 6.07) is 4.27. The second kappa shape index (κ2) is 9.36. The number of nitrogens with zero attached hydrogens (tertiary/aromatic N) is 1. The third kappa shape index (κ3) is 6.58. The van der Waals surface area contributed by atoms with Crippen LogP contribution in [0.5, 0.6) is 0 Å². The first kappa shape index (κ1) is 14.4. The van der Waals surface area contributed by atoms with E-state index in [0.29, 0.717) is 0 Å². The van der Waals surface area contributed by atoms with Crippen LogP contribution in [0.4, 0.5) is 0 Å². The first-order chi connectivity index (χ1) is 8.36. The van der Waals surface area contributed by atoms with Crippen molar-refractivity contribution in [1.82, 2.24) is 10.6 Å². The van der Waals surface area contributed by atoms with Gasteiger partial charge in [-0.05, 0) is 31.0 Å². The molecule has 0 fully saturated rings. The number of hydrogen-bond donors (Lipinski definition) is 2. The van der Waals surface area contributed by atoms with Crippen molar-refractivity contribution < 1.29 is 0 Å². The van der Waals surface area contributed by atoms with E-state index in [-0.39, 0.29) is 0 Å². The third-order valence-electron chi connectivity index (χ3n) is 2.15. The van der Waals surface area contributed by atoms with Crippen LogP contribution in [-0.4, -0.2) is 37.6 Å². The summed E-state index contributed by atoms with van der Waals surface area (Å²) in [6.45, 7) is 4.80. The molecule has 0 aliphatic rings. The molecule has 1 rings (SSSR count). The minimum Gasteiger partial charge on any atom is -0.357 e. The van der Waals surface area contributed by atoms with Gasteiger partial charge >= 0.3 is 0 Å². The van der Waals surface area contributed by atoms with Crippen molar-refractivity contribution in [2.45, 2.75) is 13.3 Å². The molecule has 0 bridgehead atoms. The second-order valence-corrected chi connectivity index (χ2v) is 5.53. The van der Waals surface area contributed by atoms with Gasteiger partial charge < -0.3 is 10.6 Å². The van der Waals surface area contributed by atoms with Crippen LogP contribution in [0.3, 0.4) is 0 Å². The fraction of sp³-hybridized carbons (Fsp3) is 0.583. The zero-order valence-corrected chi connectivity index (χ0v) is 12.2. The Morgan fingerprint density at radius 2 is 2.35 bits per heavy atom. The smallest absolute Gasteiger partial charge is 0.191 e. The van der Waals surface area contributed by atoms with Gasteiger partial charge in [0.1, 0.15) is 0 Å². The Balaban J connectivity index is 2.25. The summed E-state index contributed by atoms with van der Waals surface area (Å²) in [5.41, 5.74) is 0. The van der Waals surface area contributed by atoms with Crippen LogP contribution in [0.2, 0.25) is 0 Å². The predicted molar refractivity (Wildman–Crippen MR) is 80.4 cm³/mol. The van der Waals surface area contributed by atoms with E-state index in [1.807, 2.05) is 11.8 Å². The van der Waals surface area contributed by atoms with E-state index in [0.717, 1.165) is 37.8 Å². The highest BCUT2D eigenvalue weighted by Crippen LogP contribution is 2.07. The molecule has 17 heavy (non-hydrogen) atoms. The lowest BCUT2D eigenvalue weighted by atomic mass is 10.3. The van der Waals surface area contributed by atoms with Crippen molar-refractivity contribution in [3.8, 4) is 0 Å². The minimum atomic E-state index is 0.871. The van der Waals surface area contributed by atoms with Gasteiger partial charge in [-0.1, -0.05) is 6.07 Å². The van der Waals surface area contributed by atoms with Crippen LogP contribution in [0, 0.1) is 0 Å². The molecule has 3 nitrogen and oxygen atoms in total. The first-order valence-electron chi connectivity index (χ1n) is 5.90. The Morgan fingerprint density at radius 1 is 1.47 bits per heavy atom. The van der Waals surface area contributed by atoms with Gasteiger partial charge in [0.25, 0.3) is 0 Å². The number of hydrogen-bond acceptors (Lipinski definition) is 3. The molecule has 1 aromatic heterocycles. The van der Waals surface area contributed by atoms with Crippen LogP contribution in [0.15, 0.2) is 22.5 Å². The van der Waals surface area contributed by atoms with Gasteiger partial charge in [-0.15, -0.1) is 11.3 Å². The van der Waals surface area contributed by atoms with Crippen LogP contribution in [0.1, 0.15) is 11.8 Å². The highest BCUT2D eigenvalue weighted by atomic mass is 32.2. The molecule has 0 aliphatic heterocycles. The van der Waals surface area contributed by atoms with Gasteiger partial charge in [-0.3, -0.25) is 4.99 Å². The number of aliphatic imine (C=N–C) groups is 1. The van der Waals surface area contributed by atoms with Crippen molar-refractivity contribution in [2.75, 3.05) is 31.6 Å². The Hall–Kier alpha value is -0.680. The first-order valence-corrected chi connectivity index (χ1v) is 8.17. The number of nitrogens with one attached hydrogen (secondary N) is 2. The van der Waals surface area contributed by atoms with E-state index in [4.69, 9.17) is 0 Å². The van der Waals surface area contributed by atoms with E-state index < -0.39 is 0 Å². The maximum absolute atomic E-state index is 4.50. The van der Waals surface area contributed by atoms with Gasteiger partial charge in [-0.25, -0.2) is 0 Å². The maximum Gasteiger partial charge on any atom is 0.191 e.